The van der Waals surface area contributed by atoms with Crippen LogP contribution in [-0.2, 0) is 42.6 Å². The van der Waals surface area contributed by atoms with Crippen molar-refractivity contribution in [1.29, 1.82) is 0 Å². The van der Waals surface area contributed by atoms with E-state index in [4.69, 9.17) is 42.6 Å². The molecule has 0 unspecified atom stereocenters. The highest BCUT2D eigenvalue weighted by Crippen LogP contribution is 2.32. The molecule has 2 heterocycles. The summed E-state index contributed by atoms with van der Waals surface area (Å²) in [5.74, 6) is 0. The zero-order chi connectivity index (χ0) is 23.5. The minimum atomic E-state index is -0.712. The molecule has 0 N–H and O–H groups in total. The minimum Gasteiger partial charge on any atom is -0.384 e. The molecular formula is C23H44O9. The molecule has 0 atom stereocenters. The van der Waals surface area contributed by atoms with Crippen LogP contribution in [0.5, 0.6) is 0 Å². The van der Waals surface area contributed by atoms with Crippen LogP contribution in [-0.4, -0.2) is 93.7 Å². The second-order valence-corrected chi connectivity index (χ2v) is 9.30. The number of hydrogen-bond acceptors (Lipinski definition) is 9. The van der Waals surface area contributed by atoms with E-state index < -0.39 is 13.0 Å². The average Bonchev–Trinajstić information content (AvgIpc) is 2.83. The van der Waals surface area contributed by atoms with Crippen molar-refractivity contribution in [3.8, 4) is 0 Å². The molecule has 0 radical (unpaired) electrons. The van der Waals surface area contributed by atoms with Gasteiger partial charge in [0.1, 0.15) is 0 Å². The number of hydrogen-bond donors (Lipinski definition) is 0. The smallest absolute Gasteiger partial charge is 0.271 e. The minimum absolute atomic E-state index is 0.127. The summed E-state index contributed by atoms with van der Waals surface area (Å²) in [5, 5.41) is 0. The van der Waals surface area contributed by atoms with Crippen LogP contribution in [0.1, 0.15) is 40.0 Å². The number of rotatable bonds is 15. The summed E-state index contributed by atoms with van der Waals surface area (Å²) in [5.41, 5.74) is -0.637. The Hall–Kier alpha value is -0.360. The van der Waals surface area contributed by atoms with Crippen LogP contribution < -0.4 is 0 Å². The van der Waals surface area contributed by atoms with Gasteiger partial charge in [0.2, 0.25) is 0 Å². The van der Waals surface area contributed by atoms with Gasteiger partial charge in [-0.05, 0) is 19.3 Å². The Bertz CT molecular complexity index is 462. The van der Waals surface area contributed by atoms with Gasteiger partial charge < -0.3 is 42.6 Å². The van der Waals surface area contributed by atoms with Crippen molar-refractivity contribution in [2.75, 3.05) is 80.8 Å². The van der Waals surface area contributed by atoms with Crippen molar-refractivity contribution in [2.45, 2.75) is 53.0 Å². The third kappa shape index (κ3) is 7.58. The summed E-state index contributed by atoms with van der Waals surface area (Å²) in [6, 6.07) is 0. The number of ether oxygens (including phenoxy) is 9. The molecule has 32 heavy (non-hydrogen) atoms. The van der Waals surface area contributed by atoms with Crippen LogP contribution in [0.15, 0.2) is 0 Å². The molecule has 9 heteroatoms. The van der Waals surface area contributed by atoms with Gasteiger partial charge in [0.15, 0.2) is 0 Å². The molecule has 2 saturated heterocycles. The fraction of sp³-hybridized carbons (Fsp3) is 1.00. The molecule has 2 rings (SSSR count). The summed E-state index contributed by atoms with van der Waals surface area (Å²) in [4.78, 5) is 0. The lowest BCUT2D eigenvalue weighted by molar-refractivity contribution is -0.362. The molecule has 2 aliphatic heterocycles. The molecule has 9 nitrogen and oxygen atoms in total. The molecule has 2 aliphatic rings. The van der Waals surface area contributed by atoms with Gasteiger partial charge in [0, 0.05) is 37.6 Å². The zero-order valence-corrected chi connectivity index (χ0v) is 20.8. The highest BCUT2D eigenvalue weighted by molar-refractivity contribution is 4.82. The van der Waals surface area contributed by atoms with Gasteiger partial charge in [-0.3, -0.25) is 0 Å². The standard InChI is InChI=1S/C23H44O9/c1-7-21(10-24-4)13-27-19(28-14-21)31-17-23(9-3,12-26-6)18-32-20-29-15-22(8-2,11-25-5)16-30-20/h19-20H,7-18H2,1-6H3. The van der Waals surface area contributed by atoms with Crippen molar-refractivity contribution in [1.82, 2.24) is 0 Å². The zero-order valence-electron chi connectivity index (χ0n) is 20.8. The van der Waals surface area contributed by atoms with E-state index in [-0.39, 0.29) is 16.2 Å². The van der Waals surface area contributed by atoms with E-state index in [9.17, 15) is 0 Å². The molecule has 0 amide bonds. The summed E-state index contributed by atoms with van der Waals surface area (Å²) < 4.78 is 51.5. The van der Waals surface area contributed by atoms with Gasteiger partial charge in [-0.1, -0.05) is 20.8 Å². The van der Waals surface area contributed by atoms with Crippen molar-refractivity contribution >= 4 is 0 Å². The largest absolute Gasteiger partial charge is 0.384 e. The van der Waals surface area contributed by atoms with Gasteiger partial charge in [-0.25, -0.2) is 0 Å². The SMILES string of the molecule is CCC1(COC)COC(OCC(CC)(COC)COC2OCC(CC)(COC)CO2)OC1. The summed E-state index contributed by atoms with van der Waals surface area (Å²) in [6.45, 7) is 9.40. The molecule has 0 aliphatic carbocycles. The third-order valence-electron chi connectivity index (χ3n) is 6.76. The molecule has 0 spiro atoms. The van der Waals surface area contributed by atoms with Crippen molar-refractivity contribution in [3.05, 3.63) is 0 Å². The lowest BCUT2D eigenvalue weighted by atomic mass is 9.87. The van der Waals surface area contributed by atoms with E-state index in [0.717, 1.165) is 19.3 Å². The van der Waals surface area contributed by atoms with Crippen LogP contribution in [0.25, 0.3) is 0 Å². The summed E-state index contributed by atoms with van der Waals surface area (Å²) >= 11 is 0. The lowest BCUT2D eigenvalue weighted by Crippen LogP contribution is -2.48. The first-order chi connectivity index (χ1) is 15.4. The van der Waals surface area contributed by atoms with Gasteiger partial charge in [0.25, 0.3) is 13.0 Å². The van der Waals surface area contributed by atoms with Crippen LogP contribution in [0.4, 0.5) is 0 Å². The maximum absolute atomic E-state index is 5.99. The van der Waals surface area contributed by atoms with E-state index >= 15 is 0 Å². The highest BCUT2D eigenvalue weighted by atomic mass is 16.9. The lowest BCUT2D eigenvalue weighted by Gasteiger charge is -2.41. The Morgan fingerprint density at radius 3 is 1.34 bits per heavy atom. The van der Waals surface area contributed by atoms with Crippen molar-refractivity contribution in [3.63, 3.8) is 0 Å². The quantitative estimate of drug-likeness (QED) is 0.363. The van der Waals surface area contributed by atoms with Crippen LogP contribution >= 0.6 is 0 Å². The van der Waals surface area contributed by atoms with Gasteiger partial charge in [-0.15, -0.1) is 0 Å². The topological polar surface area (TPSA) is 83.1 Å². The molecule has 0 bridgehead atoms. The Kier molecular flexibility index (Phi) is 11.8. The molecule has 0 aromatic heterocycles. The first-order valence-corrected chi connectivity index (χ1v) is 11.6. The van der Waals surface area contributed by atoms with Gasteiger partial charge in [-0.2, -0.15) is 0 Å². The maximum Gasteiger partial charge on any atom is 0.271 e. The van der Waals surface area contributed by atoms with Crippen LogP contribution in [0.3, 0.4) is 0 Å². The molecule has 0 aromatic carbocycles. The first kappa shape index (κ1) is 27.9. The summed E-state index contributed by atoms with van der Waals surface area (Å²) in [6.07, 6.45) is 2.61. The molecular weight excluding hydrogens is 420 g/mol. The Balaban J connectivity index is 1.84. The molecule has 2 fully saturated rings. The Morgan fingerprint density at radius 2 is 1.06 bits per heavy atom. The van der Waals surface area contributed by atoms with Crippen molar-refractivity contribution < 1.29 is 42.6 Å². The summed E-state index contributed by atoms with van der Waals surface area (Å²) in [7, 11) is 5.06. The fourth-order valence-corrected chi connectivity index (χ4v) is 3.97. The fourth-order valence-electron chi connectivity index (χ4n) is 3.97. The maximum atomic E-state index is 5.99. The highest BCUT2D eigenvalue weighted by Gasteiger charge is 2.40. The van der Waals surface area contributed by atoms with Gasteiger partial charge in [0.05, 0.1) is 59.5 Å². The van der Waals surface area contributed by atoms with E-state index in [1.54, 1.807) is 21.3 Å². The second kappa shape index (κ2) is 13.5. The normalized spacial score (nSPS) is 33.2. The Morgan fingerprint density at radius 1 is 0.656 bits per heavy atom. The second-order valence-electron chi connectivity index (χ2n) is 9.30. The molecule has 0 aromatic rings. The van der Waals surface area contributed by atoms with Crippen molar-refractivity contribution in [2.24, 2.45) is 16.2 Å². The third-order valence-corrected chi connectivity index (χ3v) is 6.76. The average molecular weight is 465 g/mol. The van der Waals surface area contributed by atoms with Crippen LogP contribution in [0, 0.1) is 16.2 Å². The molecule has 190 valence electrons. The van der Waals surface area contributed by atoms with E-state index in [1.165, 1.54) is 0 Å². The van der Waals surface area contributed by atoms with E-state index in [2.05, 4.69) is 20.8 Å². The van der Waals surface area contributed by atoms with Crippen LogP contribution in [0.2, 0.25) is 0 Å². The van der Waals surface area contributed by atoms with Gasteiger partial charge >= 0.3 is 0 Å². The predicted octanol–water partition coefficient (Wildman–Crippen LogP) is 2.81. The predicted molar refractivity (Wildman–Crippen MR) is 117 cm³/mol. The van der Waals surface area contributed by atoms with E-state index in [0.29, 0.717) is 59.5 Å². The van der Waals surface area contributed by atoms with E-state index in [1.807, 2.05) is 0 Å². The monoisotopic (exact) mass is 464 g/mol. The number of methoxy groups -OCH3 is 3. The molecule has 0 saturated carbocycles. The Labute approximate surface area is 193 Å². The first-order valence-electron chi connectivity index (χ1n) is 11.6.